The molecule has 1 amide bonds. The molecule has 3 rings (SSSR count). The third-order valence-electron chi connectivity index (χ3n) is 3.07. The minimum atomic E-state index is -1.39. The summed E-state index contributed by atoms with van der Waals surface area (Å²) in [4.78, 5) is 26.2. The minimum Gasteiger partial charge on any atom is -0.322 e. The molecule has 6 nitrogen and oxygen atoms in total. The average molecular weight is 335 g/mol. The van der Waals surface area contributed by atoms with E-state index in [1.165, 1.54) is 11.3 Å². The average Bonchev–Trinajstić information content (AvgIpc) is 2.96. The van der Waals surface area contributed by atoms with Gasteiger partial charge in [0.1, 0.15) is 5.56 Å². The fourth-order valence-electron chi connectivity index (χ4n) is 2.00. The van der Waals surface area contributed by atoms with Crippen molar-refractivity contribution in [1.29, 1.82) is 0 Å². The molecule has 0 bridgehead atoms. The van der Waals surface area contributed by atoms with Crippen LogP contribution in [0, 0.1) is 21.7 Å². The van der Waals surface area contributed by atoms with Gasteiger partial charge in [-0.2, -0.15) is 0 Å². The van der Waals surface area contributed by atoms with E-state index < -0.39 is 33.7 Å². The maximum atomic E-state index is 13.3. The topological polar surface area (TPSA) is 85.1 Å². The third kappa shape index (κ3) is 2.86. The number of hydrogen-bond acceptors (Lipinski definition) is 5. The van der Waals surface area contributed by atoms with Gasteiger partial charge in [-0.15, -0.1) is 11.3 Å². The van der Waals surface area contributed by atoms with Gasteiger partial charge in [-0.3, -0.25) is 14.9 Å². The van der Waals surface area contributed by atoms with E-state index in [1.807, 2.05) is 0 Å². The van der Waals surface area contributed by atoms with Crippen LogP contribution in [0.2, 0.25) is 0 Å². The highest BCUT2D eigenvalue weighted by Gasteiger charge is 2.24. The van der Waals surface area contributed by atoms with Crippen molar-refractivity contribution in [2.75, 3.05) is 5.32 Å². The maximum Gasteiger partial charge on any atom is 0.285 e. The zero-order valence-electron chi connectivity index (χ0n) is 11.2. The molecule has 1 heterocycles. The fourth-order valence-corrected chi connectivity index (χ4v) is 2.72. The van der Waals surface area contributed by atoms with E-state index >= 15 is 0 Å². The van der Waals surface area contributed by atoms with Gasteiger partial charge in [0.05, 0.1) is 26.7 Å². The molecule has 9 heteroatoms. The quantitative estimate of drug-likeness (QED) is 0.584. The van der Waals surface area contributed by atoms with Crippen molar-refractivity contribution in [1.82, 2.24) is 4.98 Å². The Morgan fingerprint density at radius 3 is 2.70 bits per heavy atom. The second-order valence-electron chi connectivity index (χ2n) is 4.53. The smallest absolute Gasteiger partial charge is 0.285 e. The Labute approximate surface area is 131 Å². The molecule has 1 aromatic heterocycles. The third-order valence-corrected chi connectivity index (χ3v) is 3.86. The molecular formula is C14H7F2N3O3S. The highest BCUT2D eigenvalue weighted by atomic mass is 32.1. The van der Waals surface area contributed by atoms with Gasteiger partial charge in [0.25, 0.3) is 11.6 Å². The number of nitrogens with one attached hydrogen (secondary N) is 1. The number of halogens is 2. The van der Waals surface area contributed by atoms with Crippen molar-refractivity contribution in [3.63, 3.8) is 0 Å². The summed E-state index contributed by atoms with van der Waals surface area (Å²) in [5, 5.41) is 13.3. The molecule has 0 saturated heterocycles. The van der Waals surface area contributed by atoms with Crippen molar-refractivity contribution < 1.29 is 18.5 Å². The second-order valence-corrected chi connectivity index (χ2v) is 5.42. The molecule has 0 spiro atoms. The van der Waals surface area contributed by atoms with Crippen LogP contribution in [0.5, 0.6) is 0 Å². The van der Waals surface area contributed by atoms with Gasteiger partial charge in [0.2, 0.25) is 0 Å². The maximum absolute atomic E-state index is 13.3. The van der Waals surface area contributed by atoms with Crippen LogP contribution in [0.4, 0.5) is 20.2 Å². The molecule has 0 aliphatic heterocycles. The monoisotopic (exact) mass is 335 g/mol. The lowest BCUT2D eigenvalue weighted by molar-refractivity contribution is -0.385. The van der Waals surface area contributed by atoms with Crippen LogP contribution in [0.3, 0.4) is 0 Å². The molecule has 0 fully saturated rings. The van der Waals surface area contributed by atoms with E-state index in [9.17, 15) is 23.7 Å². The van der Waals surface area contributed by atoms with Crippen LogP contribution in [0.25, 0.3) is 10.2 Å². The number of nitro groups is 1. The number of thiazole rings is 1. The molecule has 0 aliphatic rings. The fraction of sp³-hybridized carbons (Fsp3) is 0. The summed E-state index contributed by atoms with van der Waals surface area (Å²) in [6, 6.07) is 5.76. The molecule has 0 radical (unpaired) electrons. The molecule has 2 aromatic carbocycles. The van der Waals surface area contributed by atoms with E-state index in [0.29, 0.717) is 17.8 Å². The highest BCUT2D eigenvalue weighted by molar-refractivity contribution is 7.16. The predicted molar refractivity (Wildman–Crippen MR) is 80.6 cm³/mol. The molecule has 23 heavy (non-hydrogen) atoms. The number of carbonyl (C=O) groups excluding carboxylic acids is 1. The number of aromatic nitrogens is 1. The van der Waals surface area contributed by atoms with Crippen LogP contribution in [0.1, 0.15) is 10.4 Å². The van der Waals surface area contributed by atoms with Gasteiger partial charge >= 0.3 is 0 Å². The highest BCUT2D eigenvalue weighted by Crippen LogP contribution is 2.25. The number of fused-ring (bicyclic) bond motifs is 1. The number of carbonyl (C=O) groups is 1. The number of nitrogens with zero attached hydrogens (tertiary/aromatic N) is 2. The van der Waals surface area contributed by atoms with Crippen molar-refractivity contribution >= 4 is 38.8 Å². The van der Waals surface area contributed by atoms with Crippen LogP contribution in [-0.2, 0) is 0 Å². The molecule has 3 aromatic rings. The molecule has 1 N–H and O–H groups in total. The van der Waals surface area contributed by atoms with Crippen LogP contribution in [-0.4, -0.2) is 15.8 Å². The van der Waals surface area contributed by atoms with Crippen LogP contribution < -0.4 is 5.32 Å². The van der Waals surface area contributed by atoms with Crippen molar-refractivity contribution in [2.24, 2.45) is 0 Å². The number of anilines is 1. The molecule has 0 aliphatic carbocycles. The number of amides is 1. The van der Waals surface area contributed by atoms with Gasteiger partial charge in [-0.05, 0) is 24.3 Å². The zero-order chi connectivity index (χ0) is 16.6. The van der Waals surface area contributed by atoms with E-state index in [2.05, 4.69) is 10.3 Å². The summed E-state index contributed by atoms with van der Waals surface area (Å²) in [6.07, 6.45) is 0. The lowest BCUT2D eigenvalue weighted by atomic mass is 10.1. The molecule has 0 unspecified atom stereocenters. The summed E-state index contributed by atoms with van der Waals surface area (Å²) >= 11 is 1.36. The first-order valence-electron chi connectivity index (χ1n) is 6.24. The largest absolute Gasteiger partial charge is 0.322 e. The first-order chi connectivity index (χ1) is 11.0. The van der Waals surface area contributed by atoms with Crippen LogP contribution >= 0.6 is 11.3 Å². The molecule has 116 valence electrons. The molecular weight excluding hydrogens is 328 g/mol. The Bertz CT molecular complexity index is 942. The van der Waals surface area contributed by atoms with Crippen molar-refractivity contribution in [2.45, 2.75) is 0 Å². The number of hydrogen-bond donors (Lipinski definition) is 1. The van der Waals surface area contributed by atoms with Crippen molar-refractivity contribution in [3.8, 4) is 0 Å². The van der Waals surface area contributed by atoms with E-state index in [-0.39, 0.29) is 0 Å². The Morgan fingerprint density at radius 2 is 1.96 bits per heavy atom. The Balaban J connectivity index is 1.96. The molecule has 0 atom stereocenters. The lowest BCUT2D eigenvalue weighted by Gasteiger charge is -2.06. The Morgan fingerprint density at radius 1 is 1.22 bits per heavy atom. The summed E-state index contributed by atoms with van der Waals surface area (Å²) in [5.41, 5.74) is 1.38. The standard InChI is InChI=1S/C14H7F2N3O3S/c15-9-4-8(12(19(21)22)5-10(9)16)14(20)18-7-1-2-11-13(3-7)23-6-17-11/h1-6H,(H,18,20). The van der Waals surface area contributed by atoms with Crippen molar-refractivity contribution in [3.05, 3.63) is 63.2 Å². The SMILES string of the molecule is O=C(Nc1ccc2ncsc2c1)c1cc(F)c(F)cc1[N+](=O)[O-]. The number of benzene rings is 2. The van der Waals surface area contributed by atoms with Gasteiger partial charge in [-0.25, -0.2) is 13.8 Å². The summed E-state index contributed by atoms with van der Waals surface area (Å²) in [6.45, 7) is 0. The summed E-state index contributed by atoms with van der Waals surface area (Å²) in [5.74, 6) is -3.63. The van der Waals surface area contributed by atoms with Gasteiger partial charge in [0, 0.05) is 5.69 Å². The van der Waals surface area contributed by atoms with Gasteiger partial charge in [-0.1, -0.05) is 0 Å². The zero-order valence-corrected chi connectivity index (χ0v) is 12.1. The molecule has 0 saturated carbocycles. The summed E-state index contributed by atoms with van der Waals surface area (Å²) < 4.78 is 27.2. The first kappa shape index (κ1) is 15.0. The Hall–Kier alpha value is -2.94. The van der Waals surface area contributed by atoms with Gasteiger partial charge < -0.3 is 5.32 Å². The lowest BCUT2D eigenvalue weighted by Crippen LogP contribution is -2.14. The predicted octanol–water partition coefficient (Wildman–Crippen LogP) is 3.74. The van der Waals surface area contributed by atoms with Crippen LogP contribution in [0.15, 0.2) is 35.8 Å². The summed E-state index contributed by atoms with van der Waals surface area (Å²) in [7, 11) is 0. The number of nitro benzene ring substituents is 1. The second kappa shape index (κ2) is 5.69. The normalized spacial score (nSPS) is 10.7. The van der Waals surface area contributed by atoms with E-state index in [0.717, 1.165) is 10.2 Å². The number of rotatable bonds is 3. The van der Waals surface area contributed by atoms with E-state index in [4.69, 9.17) is 0 Å². The Kier molecular flexibility index (Phi) is 3.70. The van der Waals surface area contributed by atoms with Gasteiger partial charge in [0.15, 0.2) is 11.6 Å². The van der Waals surface area contributed by atoms with E-state index in [1.54, 1.807) is 23.7 Å². The first-order valence-corrected chi connectivity index (χ1v) is 7.11. The minimum absolute atomic E-state index is 0.366.